The largest absolute Gasteiger partial charge is 0.492 e. The molecule has 1 aromatic rings. The van der Waals surface area contributed by atoms with Gasteiger partial charge in [0, 0.05) is 17.1 Å². The Kier molecular flexibility index (Phi) is 5.47. The molecule has 1 atom stereocenters. The Morgan fingerprint density at radius 3 is 2.35 bits per heavy atom. The first-order valence-electron chi connectivity index (χ1n) is 6.01. The number of nitrogens with one attached hydrogen (secondary N) is 1. The fourth-order valence-corrected chi connectivity index (χ4v) is 1.55. The normalized spacial score (nSPS) is 13.5. The molecule has 2 nitrogen and oxygen atoms in total. The molecule has 0 aliphatic carbocycles. The molecule has 0 spiro atoms. The predicted molar refractivity (Wildman–Crippen MR) is 76.6 cm³/mol. The molecule has 0 fully saturated rings. The Bertz CT molecular complexity index is 329. The highest BCUT2D eigenvalue weighted by Crippen LogP contribution is 2.18. The fourth-order valence-electron chi connectivity index (χ4n) is 1.28. The van der Waals surface area contributed by atoms with Crippen molar-refractivity contribution in [3.63, 3.8) is 0 Å². The Morgan fingerprint density at radius 1 is 1.24 bits per heavy atom. The van der Waals surface area contributed by atoms with Crippen LogP contribution in [0.4, 0.5) is 0 Å². The molecular formula is C14H22BrNO. The van der Waals surface area contributed by atoms with Gasteiger partial charge in [-0.05, 0) is 36.6 Å². The van der Waals surface area contributed by atoms with Gasteiger partial charge in [0.15, 0.2) is 0 Å². The van der Waals surface area contributed by atoms with E-state index in [1.54, 1.807) is 0 Å². The summed E-state index contributed by atoms with van der Waals surface area (Å²) in [6.45, 7) is 10.5. The van der Waals surface area contributed by atoms with Crippen LogP contribution in [-0.4, -0.2) is 19.2 Å². The lowest BCUT2D eigenvalue weighted by Crippen LogP contribution is -2.39. The zero-order valence-electron chi connectivity index (χ0n) is 11.1. The average Bonchev–Trinajstić information content (AvgIpc) is 2.25. The monoisotopic (exact) mass is 299 g/mol. The van der Waals surface area contributed by atoms with E-state index in [0.29, 0.717) is 12.6 Å². The van der Waals surface area contributed by atoms with Gasteiger partial charge in [-0.1, -0.05) is 36.7 Å². The van der Waals surface area contributed by atoms with Gasteiger partial charge >= 0.3 is 0 Å². The van der Waals surface area contributed by atoms with Crippen LogP contribution in [0, 0.1) is 5.41 Å². The third-order valence-corrected chi connectivity index (χ3v) is 3.46. The molecule has 0 aliphatic heterocycles. The first kappa shape index (κ1) is 14.5. The topological polar surface area (TPSA) is 21.3 Å². The summed E-state index contributed by atoms with van der Waals surface area (Å²) in [6.07, 6.45) is 0. The van der Waals surface area contributed by atoms with Crippen molar-refractivity contribution in [3.05, 3.63) is 28.7 Å². The summed E-state index contributed by atoms with van der Waals surface area (Å²) in [5.74, 6) is 0.915. The van der Waals surface area contributed by atoms with E-state index >= 15 is 0 Å². The molecule has 1 N–H and O–H groups in total. The first-order valence-corrected chi connectivity index (χ1v) is 6.80. The molecule has 1 unspecified atom stereocenters. The van der Waals surface area contributed by atoms with E-state index in [1.807, 2.05) is 24.3 Å². The molecule has 0 bridgehead atoms. The van der Waals surface area contributed by atoms with Crippen molar-refractivity contribution in [2.24, 2.45) is 5.41 Å². The van der Waals surface area contributed by atoms with Crippen LogP contribution in [0.2, 0.25) is 0 Å². The molecule has 0 aliphatic rings. The molecule has 0 aromatic heterocycles. The molecule has 0 amide bonds. The third-order valence-electron chi connectivity index (χ3n) is 2.93. The van der Waals surface area contributed by atoms with Crippen LogP contribution in [0.1, 0.15) is 27.7 Å². The number of hydrogen-bond donors (Lipinski definition) is 1. The number of rotatable bonds is 5. The van der Waals surface area contributed by atoms with Gasteiger partial charge in [-0.15, -0.1) is 0 Å². The van der Waals surface area contributed by atoms with Crippen molar-refractivity contribution >= 4 is 15.9 Å². The second kappa shape index (κ2) is 6.41. The average molecular weight is 300 g/mol. The summed E-state index contributed by atoms with van der Waals surface area (Å²) in [7, 11) is 0. The van der Waals surface area contributed by atoms with Gasteiger partial charge in [0.1, 0.15) is 12.4 Å². The maximum Gasteiger partial charge on any atom is 0.119 e. The molecule has 0 saturated heterocycles. The van der Waals surface area contributed by atoms with E-state index in [0.717, 1.165) is 16.8 Å². The molecule has 0 radical (unpaired) electrons. The molecule has 96 valence electrons. The Labute approximate surface area is 113 Å². The van der Waals surface area contributed by atoms with Gasteiger partial charge in [0.2, 0.25) is 0 Å². The number of benzene rings is 1. The quantitative estimate of drug-likeness (QED) is 0.834. The van der Waals surface area contributed by atoms with E-state index in [1.165, 1.54) is 0 Å². The van der Waals surface area contributed by atoms with Gasteiger partial charge in [-0.3, -0.25) is 0 Å². The van der Waals surface area contributed by atoms with Gasteiger partial charge in [-0.2, -0.15) is 0 Å². The van der Waals surface area contributed by atoms with Crippen molar-refractivity contribution < 1.29 is 4.74 Å². The van der Waals surface area contributed by atoms with Crippen LogP contribution >= 0.6 is 15.9 Å². The third kappa shape index (κ3) is 5.55. The predicted octanol–water partition coefficient (Wildman–Crippen LogP) is 3.85. The van der Waals surface area contributed by atoms with Crippen molar-refractivity contribution in [1.29, 1.82) is 0 Å². The lowest BCUT2D eigenvalue weighted by molar-refractivity contribution is 0.254. The van der Waals surface area contributed by atoms with E-state index in [2.05, 4.69) is 48.9 Å². The minimum absolute atomic E-state index is 0.289. The van der Waals surface area contributed by atoms with Crippen LogP contribution in [-0.2, 0) is 0 Å². The lowest BCUT2D eigenvalue weighted by atomic mass is 9.88. The summed E-state index contributed by atoms with van der Waals surface area (Å²) < 4.78 is 6.71. The highest BCUT2D eigenvalue weighted by atomic mass is 79.9. The van der Waals surface area contributed by atoms with E-state index in [9.17, 15) is 0 Å². The summed E-state index contributed by atoms with van der Waals surface area (Å²) in [5.41, 5.74) is 0.289. The lowest BCUT2D eigenvalue weighted by Gasteiger charge is -2.28. The Balaban J connectivity index is 2.23. The molecule has 17 heavy (non-hydrogen) atoms. The van der Waals surface area contributed by atoms with E-state index in [-0.39, 0.29) is 5.41 Å². The molecular weight excluding hydrogens is 278 g/mol. The number of hydrogen-bond acceptors (Lipinski definition) is 2. The fraction of sp³-hybridized carbons (Fsp3) is 0.571. The van der Waals surface area contributed by atoms with Gasteiger partial charge in [-0.25, -0.2) is 0 Å². The zero-order chi connectivity index (χ0) is 12.9. The summed E-state index contributed by atoms with van der Waals surface area (Å²) >= 11 is 3.40. The van der Waals surface area contributed by atoms with Crippen LogP contribution < -0.4 is 10.1 Å². The van der Waals surface area contributed by atoms with Crippen molar-refractivity contribution in [1.82, 2.24) is 5.32 Å². The molecule has 1 rings (SSSR count). The number of halogens is 1. The zero-order valence-corrected chi connectivity index (χ0v) is 12.7. The van der Waals surface area contributed by atoms with Crippen molar-refractivity contribution in [3.8, 4) is 5.75 Å². The van der Waals surface area contributed by atoms with Gasteiger partial charge in [0.25, 0.3) is 0 Å². The van der Waals surface area contributed by atoms with E-state index in [4.69, 9.17) is 4.74 Å². The summed E-state index contributed by atoms with van der Waals surface area (Å²) in [4.78, 5) is 0. The summed E-state index contributed by atoms with van der Waals surface area (Å²) in [6, 6.07) is 8.39. The smallest absolute Gasteiger partial charge is 0.119 e. The molecule has 3 heteroatoms. The van der Waals surface area contributed by atoms with Crippen LogP contribution in [0.25, 0.3) is 0 Å². The van der Waals surface area contributed by atoms with E-state index < -0.39 is 0 Å². The van der Waals surface area contributed by atoms with Gasteiger partial charge in [0.05, 0.1) is 0 Å². The minimum atomic E-state index is 0.289. The summed E-state index contributed by atoms with van der Waals surface area (Å²) in [5, 5.41) is 3.47. The Morgan fingerprint density at radius 2 is 1.82 bits per heavy atom. The standard InChI is InChI=1S/C14H22BrNO/c1-11(14(2,3)4)16-9-10-17-13-7-5-12(15)6-8-13/h5-8,11,16H,9-10H2,1-4H3. The second-order valence-corrected chi connectivity index (χ2v) is 6.26. The molecule has 1 aromatic carbocycles. The van der Waals surface area contributed by atoms with Crippen LogP contribution in [0.15, 0.2) is 28.7 Å². The van der Waals surface area contributed by atoms with Crippen molar-refractivity contribution in [2.75, 3.05) is 13.2 Å². The molecule has 0 heterocycles. The maximum absolute atomic E-state index is 5.64. The van der Waals surface area contributed by atoms with Crippen LogP contribution in [0.5, 0.6) is 5.75 Å². The highest BCUT2D eigenvalue weighted by molar-refractivity contribution is 9.10. The highest BCUT2D eigenvalue weighted by Gasteiger charge is 2.18. The minimum Gasteiger partial charge on any atom is -0.492 e. The maximum atomic E-state index is 5.64. The molecule has 0 saturated carbocycles. The Hall–Kier alpha value is -0.540. The number of ether oxygens (including phenoxy) is 1. The van der Waals surface area contributed by atoms with Crippen LogP contribution in [0.3, 0.4) is 0 Å². The second-order valence-electron chi connectivity index (χ2n) is 5.34. The van der Waals surface area contributed by atoms with Crippen molar-refractivity contribution in [2.45, 2.75) is 33.7 Å². The first-order chi connectivity index (χ1) is 7.89. The SMILES string of the molecule is CC(NCCOc1ccc(Br)cc1)C(C)(C)C. The van der Waals surface area contributed by atoms with Gasteiger partial charge < -0.3 is 10.1 Å².